The third-order valence-corrected chi connectivity index (χ3v) is 8.57. The van der Waals surface area contributed by atoms with Gasteiger partial charge in [-0.2, -0.15) is 0 Å². The van der Waals surface area contributed by atoms with Crippen LogP contribution < -0.4 is 4.48 Å². The van der Waals surface area contributed by atoms with E-state index in [1.165, 1.54) is 33.8 Å². The Labute approximate surface area is 222 Å². The van der Waals surface area contributed by atoms with Crippen molar-refractivity contribution in [2.24, 2.45) is 10.4 Å². The van der Waals surface area contributed by atoms with Gasteiger partial charge in [-0.15, -0.1) is 0 Å². The Hall–Kier alpha value is -3.69. The Morgan fingerprint density at radius 1 is 0.811 bits per heavy atom. The number of hydrogen-bond acceptors (Lipinski definition) is 2. The van der Waals surface area contributed by atoms with Crippen LogP contribution in [0.1, 0.15) is 30.5 Å². The van der Waals surface area contributed by atoms with Crippen molar-refractivity contribution < 1.29 is 0 Å². The van der Waals surface area contributed by atoms with Crippen LogP contribution in [0, 0.1) is 5.41 Å². The van der Waals surface area contributed by atoms with E-state index in [1.54, 1.807) is 0 Å². The van der Waals surface area contributed by atoms with Crippen LogP contribution >= 0.6 is 0 Å². The average molecular weight is 489 g/mol. The largest absolute Gasteiger partial charge is 0.327 e. The third-order valence-electron chi connectivity index (χ3n) is 8.57. The van der Waals surface area contributed by atoms with Crippen LogP contribution in [-0.4, -0.2) is 32.8 Å². The molecule has 0 N–H and O–H groups in total. The SMILES string of the molecule is C=CC1=C(N=C)N(C)/C(=C2/C(C)(Cc3ccccc3)c3ccccc3[N+]2(C)C)C1(C)Cc1ccccc1. The van der Waals surface area contributed by atoms with Gasteiger partial charge >= 0.3 is 0 Å². The lowest BCUT2D eigenvalue weighted by Gasteiger charge is -2.39. The molecule has 2 aliphatic rings. The maximum absolute atomic E-state index is 4.55. The first-order chi connectivity index (χ1) is 17.7. The maximum Gasteiger partial charge on any atom is 0.145 e. The minimum Gasteiger partial charge on any atom is -0.327 e. The van der Waals surface area contributed by atoms with Crippen molar-refractivity contribution >= 4 is 12.4 Å². The van der Waals surface area contributed by atoms with Crippen molar-refractivity contribution in [2.45, 2.75) is 32.1 Å². The summed E-state index contributed by atoms with van der Waals surface area (Å²) in [6.45, 7) is 13.0. The summed E-state index contributed by atoms with van der Waals surface area (Å²) < 4.78 is 0.693. The van der Waals surface area contributed by atoms with Gasteiger partial charge in [0.05, 0.1) is 25.2 Å². The van der Waals surface area contributed by atoms with Crippen LogP contribution in [-0.2, 0) is 18.3 Å². The van der Waals surface area contributed by atoms with E-state index < -0.39 is 0 Å². The number of allylic oxidation sites excluding steroid dienone is 3. The fourth-order valence-electron chi connectivity index (χ4n) is 7.14. The number of hydrogen-bond donors (Lipinski definition) is 0. The summed E-state index contributed by atoms with van der Waals surface area (Å²) >= 11 is 0. The molecule has 2 heterocycles. The number of rotatable bonds is 6. The van der Waals surface area contributed by atoms with Crippen LogP contribution in [0.3, 0.4) is 0 Å². The summed E-state index contributed by atoms with van der Waals surface area (Å²) in [7, 11) is 6.82. The topological polar surface area (TPSA) is 15.6 Å². The molecule has 0 bridgehead atoms. The maximum atomic E-state index is 4.55. The van der Waals surface area contributed by atoms with Crippen molar-refractivity contribution in [3.63, 3.8) is 0 Å². The zero-order chi connectivity index (χ0) is 26.4. The van der Waals surface area contributed by atoms with Crippen LogP contribution in [0.25, 0.3) is 0 Å². The highest BCUT2D eigenvalue weighted by atomic mass is 15.4. The standard InChI is InChI=1S/C34H38N3/c1-8-27-32(35-4)36(5)30(33(27,2)23-25-17-11-9-12-18-25)31-34(3,24-26-19-13-10-14-20-26)28-21-15-16-22-29(28)37(31,6)7/h8-22H,1,4,23-24H2,2-3,5-7H3/q+1/b31-30-. The quantitative estimate of drug-likeness (QED) is 0.263. The molecular formula is C34H38N3+. The molecule has 0 amide bonds. The average Bonchev–Trinajstić information content (AvgIpc) is 3.20. The van der Waals surface area contributed by atoms with E-state index in [-0.39, 0.29) is 10.8 Å². The van der Waals surface area contributed by atoms with E-state index in [1.807, 2.05) is 6.08 Å². The monoisotopic (exact) mass is 488 g/mol. The Kier molecular flexibility index (Phi) is 6.08. The second-order valence-electron chi connectivity index (χ2n) is 11.3. The first-order valence-electron chi connectivity index (χ1n) is 13.0. The predicted molar refractivity (Wildman–Crippen MR) is 157 cm³/mol. The molecule has 0 fully saturated rings. The van der Waals surface area contributed by atoms with Crippen LogP contribution in [0.15, 0.2) is 125 Å². The third kappa shape index (κ3) is 3.72. The second kappa shape index (κ2) is 9.00. The fraction of sp³-hybridized carbons (Fsp3) is 0.265. The molecule has 2 aliphatic heterocycles. The van der Waals surface area contributed by atoms with E-state index in [0.29, 0.717) is 4.48 Å². The van der Waals surface area contributed by atoms with Gasteiger partial charge in [-0.05, 0) is 50.6 Å². The molecule has 0 saturated heterocycles. The van der Waals surface area contributed by atoms with Crippen LogP contribution in [0.5, 0.6) is 0 Å². The minimum atomic E-state index is -0.320. The van der Waals surface area contributed by atoms with Gasteiger partial charge in [0.2, 0.25) is 0 Å². The van der Waals surface area contributed by atoms with Crippen molar-refractivity contribution in [3.8, 4) is 0 Å². The molecule has 3 aromatic carbocycles. The number of benzene rings is 3. The number of aliphatic imine (C=N–C) groups is 1. The summed E-state index contributed by atoms with van der Waals surface area (Å²) in [4.78, 5) is 6.84. The molecule has 0 aliphatic carbocycles. The lowest BCUT2D eigenvalue weighted by atomic mass is 9.69. The predicted octanol–water partition coefficient (Wildman–Crippen LogP) is 7.27. The van der Waals surface area contributed by atoms with E-state index in [9.17, 15) is 0 Å². The molecule has 0 radical (unpaired) electrons. The van der Waals surface area contributed by atoms with Crippen molar-refractivity contribution in [1.29, 1.82) is 0 Å². The molecule has 2 unspecified atom stereocenters. The minimum absolute atomic E-state index is 0.216. The summed E-state index contributed by atoms with van der Waals surface area (Å²) in [6.07, 6.45) is 3.77. The highest BCUT2D eigenvalue weighted by Crippen LogP contribution is 2.59. The van der Waals surface area contributed by atoms with E-state index in [4.69, 9.17) is 0 Å². The summed E-state index contributed by atoms with van der Waals surface area (Å²) in [6, 6.07) is 30.6. The molecule has 3 nitrogen and oxygen atoms in total. The molecular weight excluding hydrogens is 450 g/mol. The highest BCUT2D eigenvalue weighted by Gasteiger charge is 2.58. The van der Waals surface area contributed by atoms with Crippen LogP contribution in [0.2, 0.25) is 0 Å². The number of quaternary nitrogens is 1. The van der Waals surface area contributed by atoms with Gasteiger partial charge < -0.3 is 4.90 Å². The van der Waals surface area contributed by atoms with E-state index in [0.717, 1.165) is 24.2 Å². The van der Waals surface area contributed by atoms with Crippen molar-refractivity contribution in [3.05, 3.63) is 137 Å². The molecule has 5 rings (SSSR count). The first-order valence-corrected chi connectivity index (χ1v) is 13.0. The molecule has 2 atom stereocenters. The Bertz CT molecular complexity index is 1410. The molecule has 3 aromatic rings. The van der Waals surface area contributed by atoms with Gasteiger partial charge in [-0.25, -0.2) is 4.99 Å². The van der Waals surface area contributed by atoms with Gasteiger partial charge in [0, 0.05) is 23.6 Å². The van der Waals surface area contributed by atoms with Gasteiger partial charge in [-0.1, -0.05) is 91.5 Å². The Morgan fingerprint density at radius 2 is 1.32 bits per heavy atom. The number of nitrogens with zero attached hydrogens (tertiary/aromatic N) is 3. The molecule has 0 saturated carbocycles. The summed E-state index contributed by atoms with van der Waals surface area (Å²) in [5, 5.41) is 0. The van der Waals surface area contributed by atoms with Gasteiger partial charge in [0.1, 0.15) is 17.2 Å². The Morgan fingerprint density at radius 3 is 1.86 bits per heavy atom. The highest BCUT2D eigenvalue weighted by molar-refractivity contribution is 5.69. The second-order valence-corrected chi connectivity index (χ2v) is 11.3. The number of fused-ring (bicyclic) bond motifs is 1. The normalized spacial score (nSPS) is 26.4. The zero-order valence-corrected chi connectivity index (χ0v) is 22.8. The number of para-hydroxylation sites is 1. The van der Waals surface area contributed by atoms with E-state index in [2.05, 4.69) is 143 Å². The lowest BCUT2D eigenvalue weighted by molar-refractivity contribution is 0.338. The van der Waals surface area contributed by atoms with Crippen LogP contribution in [0.4, 0.5) is 5.69 Å². The summed E-state index contributed by atoms with van der Waals surface area (Å²) in [5.41, 5.74) is 8.67. The molecule has 188 valence electrons. The lowest BCUT2D eigenvalue weighted by Crippen LogP contribution is -2.46. The van der Waals surface area contributed by atoms with Crippen molar-refractivity contribution in [1.82, 2.24) is 9.38 Å². The smallest absolute Gasteiger partial charge is 0.145 e. The fourth-order valence-corrected chi connectivity index (χ4v) is 7.14. The first kappa shape index (κ1) is 25.0. The summed E-state index contributed by atoms with van der Waals surface area (Å²) in [5.74, 6) is 0.897. The number of likely N-dealkylation sites (N-methyl/N-ethyl adjacent to an activating group) is 1. The molecule has 37 heavy (non-hydrogen) atoms. The van der Waals surface area contributed by atoms with Gasteiger partial charge in [0.25, 0.3) is 0 Å². The van der Waals surface area contributed by atoms with Gasteiger partial charge in [0.15, 0.2) is 0 Å². The molecule has 0 spiro atoms. The molecule has 3 heteroatoms. The Balaban J connectivity index is 1.84. The van der Waals surface area contributed by atoms with Crippen molar-refractivity contribution in [2.75, 3.05) is 21.1 Å². The molecule has 0 aromatic heterocycles. The zero-order valence-electron chi connectivity index (χ0n) is 22.8. The van der Waals surface area contributed by atoms with Gasteiger partial charge in [-0.3, -0.25) is 4.48 Å². The van der Waals surface area contributed by atoms with E-state index >= 15 is 0 Å².